The second-order valence-electron chi connectivity index (χ2n) is 4.20. The Hall–Kier alpha value is -2.86. The van der Waals surface area contributed by atoms with Crippen molar-refractivity contribution in [3.63, 3.8) is 0 Å². The molecule has 0 unspecified atom stereocenters. The summed E-state index contributed by atoms with van der Waals surface area (Å²) >= 11 is 0. The van der Waals surface area contributed by atoms with Crippen molar-refractivity contribution < 1.29 is 0 Å². The molecule has 0 N–H and O–H groups in total. The third kappa shape index (κ3) is 2.38. The quantitative estimate of drug-likeness (QED) is 0.694. The summed E-state index contributed by atoms with van der Waals surface area (Å²) < 4.78 is 1.98. The molecule has 0 radical (unpaired) electrons. The first-order chi connectivity index (χ1) is 9.35. The van der Waals surface area contributed by atoms with Crippen LogP contribution in [0.4, 0.5) is 0 Å². The van der Waals surface area contributed by atoms with Crippen LogP contribution in [0.15, 0.2) is 54.9 Å². The lowest BCUT2D eigenvalue weighted by Gasteiger charge is -1.92. The van der Waals surface area contributed by atoms with Crippen LogP contribution in [0.1, 0.15) is 16.8 Å². The normalized spacial score (nSPS) is 10.9. The molecule has 3 aromatic rings. The van der Waals surface area contributed by atoms with E-state index in [4.69, 9.17) is 5.26 Å². The Balaban J connectivity index is 1.87. The summed E-state index contributed by atoms with van der Waals surface area (Å²) in [7, 11) is 0. The average Bonchev–Trinajstić information content (AvgIpc) is 2.88. The molecule has 19 heavy (non-hydrogen) atoms. The molecular weight excluding hydrogens is 234 g/mol. The van der Waals surface area contributed by atoms with E-state index in [1.54, 1.807) is 0 Å². The van der Waals surface area contributed by atoms with Gasteiger partial charge in [-0.1, -0.05) is 24.3 Å². The van der Waals surface area contributed by atoms with Crippen molar-refractivity contribution in [3.8, 4) is 6.07 Å². The van der Waals surface area contributed by atoms with E-state index in [1.807, 2.05) is 71.4 Å². The molecular formula is C16H11N3. The summed E-state index contributed by atoms with van der Waals surface area (Å²) in [4.78, 5) is 4.49. The van der Waals surface area contributed by atoms with Gasteiger partial charge in [0.05, 0.1) is 17.3 Å². The van der Waals surface area contributed by atoms with Crippen molar-refractivity contribution in [1.29, 1.82) is 5.26 Å². The molecule has 0 atom stereocenters. The Morgan fingerprint density at radius 3 is 2.63 bits per heavy atom. The maximum Gasteiger partial charge on any atom is 0.137 e. The largest absolute Gasteiger partial charge is 0.306 e. The molecule has 0 aliphatic rings. The summed E-state index contributed by atoms with van der Waals surface area (Å²) in [5.41, 5.74) is 3.57. The molecule has 2 aromatic heterocycles. The van der Waals surface area contributed by atoms with E-state index >= 15 is 0 Å². The van der Waals surface area contributed by atoms with E-state index < -0.39 is 0 Å². The van der Waals surface area contributed by atoms with Gasteiger partial charge in [-0.2, -0.15) is 5.26 Å². The summed E-state index contributed by atoms with van der Waals surface area (Å²) in [6.07, 6.45) is 7.91. The molecule has 3 rings (SSSR count). The molecule has 0 aliphatic heterocycles. The minimum atomic E-state index is 0.671. The molecule has 2 heterocycles. The summed E-state index contributed by atoms with van der Waals surface area (Å²) in [6.45, 7) is 0. The lowest BCUT2D eigenvalue weighted by Crippen LogP contribution is -1.77. The summed E-state index contributed by atoms with van der Waals surface area (Å²) in [5.74, 6) is 0. The van der Waals surface area contributed by atoms with Gasteiger partial charge in [0.15, 0.2) is 0 Å². The number of aromatic nitrogens is 2. The highest BCUT2D eigenvalue weighted by Gasteiger charge is 1.96. The molecule has 0 saturated carbocycles. The highest BCUT2D eigenvalue weighted by Crippen LogP contribution is 2.10. The van der Waals surface area contributed by atoms with Gasteiger partial charge in [-0.05, 0) is 35.9 Å². The van der Waals surface area contributed by atoms with Crippen molar-refractivity contribution in [1.82, 2.24) is 9.38 Å². The predicted octanol–water partition coefficient (Wildman–Crippen LogP) is 3.38. The Bertz CT molecular complexity index is 741. The SMILES string of the molecule is N#Cc1ccc(/C=C/c2cn3ccccc3n2)cc1. The third-order valence-electron chi connectivity index (χ3n) is 2.87. The van der Waals surface area contributed by atoms with E-state index in [2.05, 4.69) is 11.1 Å². The van der Waals surface area contributed by atoms with Crippen molar-refractivity contribution in [2.45, 2.75) is 0 Å². The smallest absolute Gasteiger partial charge is 0.137 e. The van der Waals surface area contributed by atoms with E-state index in [0.29, 0.717) is 5.56 Å². The lowest BCUT2D eigenvalue weighted by molar-refractivity contribution is 1.19. The third-order valence-corrected chi connectivity index (χ3v) is 2.87. The average molecular weight is 245 g/mol. The fourth-order valence-corrected chi connectivity index (χ4v) is 1.88. The van der Waals surface area contributed by atoms with Crippen LogP contribution in [0.25, 0.3) is 17.8 Å². The monoisotopic (exact) mass is 245 g/mol. The maximum absolute atomic E-state index is 8.74. The maximum atomic E-state index is 8.74. The second kappa shape index (κ2) is 4.79. The van der Waals surface area contributed by atoms with Gasteiger partial charge in [-0.25, -0.2) is 4.98 Å². The van der Waals surface area contributed by atoms with Gasteiger partial charge in [-0.15, -0.1) is 0 Å². The van der Waals surface area contributed by atoms with Crippen molar-refractivity contribution in [2.24, 2.45) is 0 Å². The number of nitriles is 1. The molecule has 0 aliphatic carbocycles. The van der Waals surface area contributed by atoms with Crippen molar-refractivity contribution in [2.75, 3.05) is 0 Å². The van der Waals surface area contributed by atoms with Crippen molar-refractivity contribution >= 4 is 17.8 Å². The predicted molar refractivity (Wildman–Crippen MR) is 75.3 cm³/mol. The number of imidazole rings is 1. The van der Waals surface area contributed by atoms with Crippen LogP contribution in [0.2, 0.25) is 0 Å². The minimum absolute atomic E-state index is 0.671. The zero-order valence-corrected chi connectivity index (χ0v) is 10.2. The molecule has 0 amide bonds. The Kier molecular flexibility index (Phi) is 2.83. The van der Waals surface area contributed by atoms with Crippen LogP contribution in [0, 0.1) is 11.3 Å². The van der Waals surface area contributed by atoms with Crippen LogP contribution in [-0.2, 0) is 0 Å². The van der Waals surface area contributed by atoms with Gasteiger partial charge in [0, 0.05) is 12.4 Å². The number of rotatable bonds is 2. The van der Waals surface area contributed by atoms with E-state index in [0.717, 1.165) is 16.9 Å². The summed E-state index contributed by atoms with van der Waals surface area (Å²) in [5, 5.41) is 8.74. The number of hydrogen-bond donors (Lipinski definition) is 0. The van der Waals surface area contributed by atoms with Gasteiger partial charge in [0.25, 0.3) is 0 Å². The molecule has 0 bridgehead atoms. The standard InChI is InChI=1S/C16H11N3/c17-11-14-6-4-13(5-7-14)8-9-15-12-19-10-2-1-3-16(19)18-15/h1-10,12H/b9-8+. The fraction of sp³-hybridized carbons (Fsp3) is 0. The van der Waals surface area contributed by atoms with Gasteiger partial charge < -0.3 is 4.40 Å². The minimum Gasteiger partial charge on any atom is -0.306 e. The number of nitrogens with zero attached hydrogens (tertiary/aromatic N) is 3. The highest BCUT2D eigenvalue weighted by atomic mass is 15.0. The van der Waals surface area contributed by atoms with Gasteiger partial charge in [-0.3, -0.25) is 0 Å². The van der Waals surface area contributed by atoms with Gasteiger partial charge in [0.1, 0.15) is 5.65 Å². The molecule has 0 spiro atoms. The van der Waals surface area contributed by atoms with E-state index in [9.17, 15) is 0 Å². The molecule has 90 valence electrons. The van der Waals surface area contributed by atoms with Gasteiger partial charge >= 0.3 is 0 Å². The zero-order chi connectivity index (χ0) is 13.1. The second-order valence-corrected chi connectivity index (χ2v) is 4.20. The highest BCUT2D eigenvalue weighted by molar-refractivity contribution is 5.69. The number of hydrogen-bond acceptors (Lipinski definition) is 2. The van der Waals surface area contributed by atoms with Gasteiger partial charge in [0.2, 0.25) is 0 Å². The zero-order valence-electron chi connectivity index (χ0n) is 10.2. The molecule has 0 fully saturated rings. The topological polar surface area (TPSA) is 41.1 Å². The lowest BCUT2D eigenvalue weighted by atomic mass is 10.1. The van der Waals surface area contributed by atoms with Crippen LogP contribution >= 0.6 is 0 Å². The Morgan fingerprint density at radius 1 is 1.05 bits per heavy atom. The molecule has 3 heteroatoms. The fourth-order valence-electron chi connectivity index (χ4n) is 1.88. The van der Waals surface area contributed by atoms with E-state index in [-0.39, 0.29) is 0 Å². The van der Waals surface area contributed by atoms with Crippen LogP contribution in [0.5, 0.6) is 0 Å². The number of fused-ring (bicyclic) bond motifs is 1. The first kappa shape index (κ1) is 11.2. The van der Waals surface area contributed by atoms with Crippen molar-refractivity contribution in [3.05, 3.63) is 71.7 Å². The van der Waals surface area contributed by atoms with Crippen LogP contribution in [-0.4, -0.2) is 9.38 Å². The first-order valence-electron chi connectivity index (χ1n) is 5.97. The molecule has 3 nitrogen and oxygen atoms in total. The number of pyridine rings is 1. The van der Waals surface area contributed by atoms with E-state index in [1.165, 1.54) is 0 Å². The summed E-state index contributed by atoms with van der Waals surface area (Å²) in [6, 6.07) is 15.5. The number of benzene rings is 1. The Labute approximate surface area is 111 Å². The van der Waals surface area contributed by atoms with Crippen LogP contribution < -0.4 is 0 Å². The molecule has 1 aromatic carbocycles. The Morgan fingerprint density at radius 2 is 1.89 bits per heavy atom. The first-order valence-corrected chi connectivity index (χ1v) is 5.97. The molecule has 0 saturated heterocycles. The van der Waals surface area contributed by atoms with Crippen LogP contribution in [0.3, 0.4) is 0 Å².